The van der Waals surface area contributed by atoms with E-state index in [9.17, 15) is 8.78 Å². The summed E-state index contributed by atoms with van der Waals surface area (Å²) in [6.45, 7) is 4.82. The van der Waals surface area contributed by atoms with Gasteiger partial charge in [0.05, 0.1) is 6.54 Å². The number of furan rings is 1. The van der Waals surface area contributed by atoms with Gasteiger partial charge in [0.25, 0.3) is 0 Å². The third-order valence-corrected chi connectivity index (χ3v) is 2.67. The molecule has 0 fully saturated rings. The molecule has 20 heavy (non-hydrogen) atoms. The number of hydrogen-bond acceptors (Lipinski definition) is 3. The van der Waals surface area contributed by atoms with Crippen molar-refractivity contribution in [3.8, 4) is 5.75 Å². The van der Waals surface area contributed by atoms with E-state index in [0.717, 1.165) is 17.9 Å². The van der Waals surface area contributed by atoms with E-state index in [0.29, 0.717) is 18.3 Å². The van der Waals surface area contributed by atoms with Gasteiger partial charge >= 0.3 is 0 Å². The molecule has 1 aromatic heterocycles. The van der Waals surface area contributed by atoms with Crippen molar-refractivity contribution >= 4 is 0 Å². The lowest BCUT2D eigenvalue weighted by Crippen LogP contribution is -2.21. The van der Waals surface area contributed by atoms with Crippen LogP contribution in [0, 0.1) is 11.6 Å². The molecule has 0 atom stereocenters. The van der Waals surface area contributed by atoms with E-state index in [4.69, 9.17) is 9.15 Å². The standard InChI is InChI=1S/C15H17F2NO2/c1-10(2)18-8-12-4-5-13(20-12)9-19-15-6-3-11(16)7-14(15)17/h3-7,10,18H,8-9H2,1-2H3. The third kappa shape index (κ3) is 4.06. The van der Waals surface area contributed by atoms with Crippen molar-refractivity contribution in [2.24, 2.45) is 0 Å². The number of benzene rings is 1. The van der Waals surface area contributed by atoms with Gasteiger partial charge in [0.1, 0.15) is 23.9 Å². The first-order chi connectivity index (χ1) is 9.54. The van der Waals surface area contributed by atoms with Crippen LogP contribution in [0.15, 0.2) is 34.7 Å². The number of nitrogens with one attached hydrogen (secondary N) is 1. The van der Waals surface area contributed by atoms with Gasteiger partial charge in [-0.15, -0.1) is 0 Å². The molecule has 0 spiro atoms. The first-order valence-electron chi connectivity index (χ1n) is 6.43. The maximum atomic E-state index is 13.4. The SMILES string of the molecule is CC(C)NCc1ccc(COc2ccc(F)cc2F)o1. The van der Waals surface area contributed by atoms with Gasteiger partial charge in [0.2, 0.25) is 0 Å². The lowest BCUT2D eigenvalue weighted by molar-refractivity contribution is 0.253. The highest BCUT2D eigenvalue weighted by atomic mass is 19.1. The first-order valence-corrected chi connectivity index (χ1v) is 6.43. The molecule has 0 bridgehead atoms. The van der Waals surface area contributed by atoms with Gasteiger partial charge < -0.3 is 14.5 Å². The first kappa shape index (κ1) is 14.5. The molecule has 108 valence electrons. The molecule has 0 saturated carbocycles. The summed E-state index contributed by atoms with van der Waals surface area (Å²) in [4.78, 5) is 0. The van der Waals surface area contributed by atoms with Crippen LogP contribution in [-0.4, -0.2) is 6.04 Å². The van der Waals surface area contributed by atoms with Crippen LogP contribution in [0.3, 0.4) is 0 Å². The molecule has 0 saturated heterocycles. The molecule has 0 aliphatic rings. The molecule has 2 rings (SSSR count). The van der Waals surface area contributed by atoms with Crippen molar-refractivity contribution in [2.75, 3.05) is 0 Å². The van der Waals surface area contributed by atoms with Crippen molar-refractivity contribution in [3.05, 3.63) is 53.5 Å². The molecule has 3 nitrogen and oxygen atoms in total. The summed E-state index contributed by atoms with van der Waals surface area (Å²) in [6.07, 6.45) is 0. The van der Waals surface area contributed by atoms with Gasteiger partial charge in [-0.1, -0.05) is 13.8 Å². The maximum absolute atomic E-state index is 13.4. The fraction of sp³-hybridized carbons (Fsp3) is 0.333. The Kier molecular flexibility index (Phi) is 4.74. The van der Waals surface area contributed by atoms with E-state index >= 15 is 0 Å². The number of rotatable bonds is 6. The second kappa shape index (κ2) is 6.52. The topological polar surface area (TPSA) is 34.4 Å². The number of hydrogen-bond donors (Lipinski definition) is 1. The summed E-state index contributed by atoms with van der Waals surface area (Å²) in [7, 11) is 0. The second-order valence-electron chi connectivity index (χ2n) is 4.77. The largest absolute Gasteiger partial charge is 0.483 e. The summed E-state index contributed by atoms with van der Waals surface area (Å²) in [5, 5.41) is 3.23. The Morgan fingerprint density at radius 3 is 2.60 bits per heavy atom. The van der Waals surface area contributed by atoms with Crippen molar-refractivity contribution in [2.45, 2.75) is 33.0 Å². The quantitative estimate of drug-likeness (QED) is 0.878. The minimum Gasteiger partial charge on any atom is -0.483 e. The van der Waals surface area contributed by atoms with Crippen LogP contribution < -0.4 is 10.1 Å². The van der Waals surface area contributed by atoms with E-state index in [2.05, 4.69) is 5.32 Å². The lowest BCUT2D eigenvalue weighted by atomic mass is 10.3. The van der Waals surface area contributed by atoms with Gasteiger partial charge in [0, 0.05) is 12.1 Å². The normalized spacial score (nSPS) is 11.1. The fourth-order valence-corrected chi connectivity index (χ4v) is 1.64. The average molecular weight is 281 g/mol. The van der Waals surface area contributed by atoms with E-state index in [1.807, 2.05) is 19.9 Å². The highest BCUT2D eigenvalue weighted by Gasteiger charge is 2.07. The van der Waals surface area contributed by atoms with E-state index < -0.39 is 11.6 Å². The minimum atomic E-state index is -0.724. The molecule has 0 radical (unpaired) electrons. The van der Waals surface area contributed by atoms with Crippen LogP contribution in [0.4, 0.5) is 8.78 Å². The summed E-state index contributed by atoms with van der Waals surface area (Å²) in [5.41, 5.74) is 0. The molecule has 0 aliphatic carbocycles. The summed E-state index contributed by atoms with van der Waals surface area (Å²) >= 11 is 0. The van der Waals surface area contributed by atoms with Crippen molar-refractivity contribution < 1.29 is 17.9 Å². The summed E-state index contributed by atoms with van der Waals surface area (Å²) < 4.78 is 36.9. The molecule has 2 aromatic rings. The monoisotopic (exact) mass is 281 g/mol. The van der Waals surface area contributed by atoms with Gasteiger partial charge in [-0.2, -0.15) is 0 Å². The Morgan fingerprint density at radius 2 is 1.90 bits per heavy atom. The lowest BCUT2D eigenvalue weighted by Gasteiger charge is -2.06. The Labute approximate surface area is 116 Å². The van der Waals surface area contributed by atoms with E-state index in [-0.39, 0.29) is 12.4 Å². The van der Waals surface area contributed by atoms with Crippen LogP contribution in [0.2, 0.25) is 0 Å². The molecule has 0 aliphatic heterocycles. The Bertz CT molecular complexity index is 567. The van der Waals surface area contributed by atoms with Gasteiger partial charge in [-0.3, -0.25) is 0 Å². The van der Waals surface area contributed by atoms with E-state index in [1.165, 1.54) is 6.07 Å². The van der Waals surface area contributed by atoms with Gasteiger partial charge in [-0.25, -0.2) is 8.78 Å². The maximum Gasteiger partial charge on any atom is 0.167 e. The highest BCUT2D eigenvalue weighted by molar-refractivity contribution is 5.24. The Hall–Kier alpha value is -1.88. The third-order valence-electron chi connectivity index (χ3n) is 2.67. The van der Waals surface area contributed by atoms with Crippen molar-refractivity contribution in [1.82, 2.24) is 5.32 Å². The number of halogens is 2. The predicted molar refractivity (Wildman–Crippen MR) is 71.4 cm³/mol. The molecular weight excluding hydrogens is 264 g/mol. The smallest absolute Gasteiger partial charge is 0.167 e. The zero-order valence-corrected chi connectivity index (χ0v) is 11.5. The van der Waals surface area contributed by atoms with Crippen LogP contribution in [0.25, 0.3) is 0 Å². The molecular formula is C15H17F2NO2. The van der Waals surface area contributed by atoms with Crippen molar-refractivity contribution in [3.63, 3.8) is 0 Å². The molecule has 1 heterocycles. The Morgan fingerprint density at radius 1 is 1.15 bits per heavy atom. The zero-order valence-electron chi connectivity index (χ0n) is 11.5. The molecule has 0 amide bonds. The summed E-state index contributed by atoms with van der Waals surface area (Å²) in [6, 6.07) is 7.18. The zero-order chi connectivity index (χ0) is 14.5. The van der Waals surface area contributed by atoms with Crippen LogP contribution in [0.1, 0.15) is 25.4 Å². The van der Waals surface area contributed by atoms with Crippen LogP contribution in [0.5, 0.6) is 5.75 Å². The molecule has 1 aromatic carbocycles. The van der Waals surface area contributed by atoms with Gasteiger partial charge in [0.15, 0.2) is 11.6 Å². The number of ether oxygens (including phenoxy) is 1. The van der Waals surface area contributed by atoms with Crippen LogP contribution in [-0.2, 0) is 13.2 Å². The highest BCUT2D eigenvalue weighted by Crippen LogP contribution is 2.19. The Balaban J connectivity index is 1.90. The minimum absolute atomic E-state index is 0.00431. The average Bonchev–Trinajstić information content (AvgIpc) is 2.83. The predicted octanol–water partition coefficient (Wildman–Crippen LogP) is 3.63. The molecule has 0 unspecified atom stereocenters. The fourth-order valence-electron chi connectivity index (χ4n) is 1.64. The van der Waals surface area contributed by atoms with Gasteiger partial charge in [-0.05, 0) is 24.3 Å². The molecule has 5 heteroatoms. The molecule has 1 N–H and O–H groups in total. The summed E-state index contributed by atoms with van der Waals surface area (Å²) in [5.74, 6) is 0.0314. The van der Waals surface area contributed by atoms with Crippen LogP contribution >= 0.6 is 0 Å². The van der Waals surface area contributed by atoms with E-state index in [1.54, 1.807) is 6.07 Å². The van der Waals surface area contributed by atoms with Crippen molar-refractivity contribution in [1.29, 1.82) is 0 Å². The second-order valence-corrected chi connectivity index (χ2v) is 4.77.